The van der Waals surface area contributed by atoms with E-state index in [2.05, 4.69) is 5.32 Å². The van der Waals surface area contributed by atoms with Gasteiger partial charge in [-0.05, 0) is 31.5 Å². The van der Waals surface area contributed by atoms with Crippen LogP contribution >= 0.6 is 0 Å². The molecule has 0 saturated carbocycles. The van der Waals surface area contributed by atoms with Crippen LogP contribution in [-0.4, -0.2) is 37.9 Å². The zero-order valence-corrected chi connectivity index (χ0v) is 12.0. The van der Waals surface area contributed by atoms with Crippen molar-refractivity contribution in [2.45, 2.75) is 31.7 Å². The van der Waals surface area contributed by atoms with Gasteiger partial charge in [0.1, 0.15) is 5.82 Å². The number of hydrogen-bond donors (Lipinski definition) is 1. The molecule has 1 aromatic carbocycles. The number of hydrogen-bond acceptors (Lipinski definition) is 3. The molecule has 1 aliphatic heterocycles. The van der Waals surface area contributed by atoms with Crippen molar-refractivity contribution in [2.24, 2.45) is 0 Å². The zero-order chi connectivity index (χ0) is 14.0. The molecule has 2 atom stereocenters. The molecule has 4 nitrogen and oxygen atoms in total. The summed E-state index contributed by atoms with van der Waals surface area (Å²) in [5, 5.41) is 3.25. The quantitative estimate of drug-likeness (QED) is 0.912. The fraction of sp³-hybridized carbons (Fsp3) is 0.538. The number of sulfonamides is 1. The number of nitrogens with one attached hydrogen (secondary N) is 1. The molecule has 0 aromatic heterocycles. The Labute approximate surface area is 113 Å². The molecule has 0 aliphatic carbocycles. The Hall–Kier alpha value is -0.980. The molecular formula is C13H19FN2O2S. The van der Waals surface area contributed by atoms with Crippen LogP contribution in [0.5, 0.6) is 0 Å². The van der Waals surface area contributed by atoms with Crippen LogP contribution in [0.1, 0.15) is 19.4 Å². The van der Waals surface area contributed by atoms with E-state index in [0.717, 1.165) is 0 Å². The largest absolute Gasteiger partial charge is 0.311 e. The molecule has 1 N–H and O–H groups in total. The van der Waals surface area contributed by atoms with Gasteiger partial charge >= 0.3 is 0 Å². The number of halogens is 1. The number of rotatable bonds is 3. The Balaban J connectivity index is 2.15. The highest BCUT2D eigenvalue weighted by atomic mass is 32.2. The fourth-order valence-corrected chi connectivity index (χ4v) is 4.10. The number of piperazine rings is 1. The Morgan fingerprint density at radius 2 is 1.95 bits per heavy atom. The first-order chi connectivity index (χ1) is 8.88. The second-order valence-electron chi connectivity index (χ2n) is 5.11. The lowest BCUT2D eigenvalue weighted by atomic mass is 10.2. The topological polar surface area (TPSA) is 49.4 Å². The summed E-state index contributed by atoms with van der Waals surface area (Å²) in [7, 11) is -3.36. The normalized spacial score (nSPS) is 25.4. The van der Waals surface area contributed by atoms with E-state index in [-0.39, 0.29) is 23.7 Å². The van der Waals surface area contributed by atoms with E-state index in [1.807, 2.05) is 13.8 Å². The van der Waals surface area contributed by atoms with Crippen molar-refractivity contribution < 1.29 is 12.8 Å². The molecule has 0 amide bonds. The second-order valence-corrected chi connectivity index (χ2v) is 7.03. The Morgan fingerprint density at radius 3 is 2.58 bits per heavy atom. The lowest BCUT2D eigenvalue weighted by molar-refractivity contribution is 0.244. The summed E-state index contributed by atoms with van der Waals surface area (Å²) in [4.78, 5) is 0. The molecule has 0 radical (unpaired) electrons. The van der Waals surface area contributed by atoms with E-state index in [9.17, 15) is 12.8 Å². The molecule has 6 heteroatoms. The average molecular weight is 286 g/mol. The van der Waals surface area contributed by atoms with E-state index < -0.39 is 10.0 Å². The van der Waals surface area contributed by atoms with E-state index in [1.54, 1.807) is 0 Å². The molecule has 1 heterocycles. The summed E-state index contributed by atoms with van der Waals surface area (Å²) in [5.74, 6) is -0.435. The lowest BCUT2D eigenvalue weighted by Crippen LogP contribution is -2.56. The van der Waals surface area contributed by atoms with Gasteiger partial charge in [-0.15, -0.1) is 0 Å². The SMILES string of the molecule is CC1CN(S(=O)(=O)Cc2ccc(F)cc2)C(C)CN1. The molecule has 2 rings (SSSR count). The minimum atomic E-state index is -3.36. The third-order valence-corrected chi connectivity index (χ3v) is 5.25. The minimum Gasteiger partial charge on any atom is -0.311 e. The predicted octanol–water partition coefficient (Wildman–Crippen LogP) is 1.34. The minimum absolute atomic E-state index is 0.0540. The van der Waals surface area contributed by atoms with Crippen LogP contribution in [0.2, 0.25) is 0 Å². The number of benzene rings is 1. The van der Waals surface area contributed by atoms with Gasteiger partial charge in [0.15, 0.2) is 0 Å². The first-order valence-electron chi connectivity index (χ1n) is 6.36. The molecule has 1 aromatic rings. The van der Waals surface area contributed by atoms with Crippen molar-refractivity contribution in [1.29, 1.82) is 0 Å². The highest BCUT2D eigenvalue weighted by Gasteiger charge is 2.32. The van der Waals surface area contributed by atoms with Crippen molar-refractivity contribution in [2.75, 3.05) is 13.1 Å². The summed E-state index contributed by atoms with van der Waals surface area (Å²) >= 11 is 0. The van der Waals surface area contributed by atoms with Gasteiger partial charge in [-0.25, -0.2) is 12.8 Å². The van der Waals surface area contributed by atoms with Gasteiger partial charge in [0.25, 0.3) is 0 Å². The molecule has 19 heavy (non-hydrogen) atoms. The van der Waals surface area contributed by atoms with Crippen LogP contribution in [-0.2, 0) is 15.8 Å². The first-order valence-corrected chi connectivity index (χ1v) is 7.97. The van der Waals surface area contributed by atoms with Gasteiger partial charge in [-0.2, -0.15) is 4.31 Å². The summed E-state index contributed by atoms with van der Waals surface area (Å²) in [6.07, 6.45) is 0. The van der Waals surface area contributed by atoms with Crippen LogP contribution < -0.4 is 5.32 Å². The molecule has 106 valence electrons. The molecule has 2 unspecified atom stereocenters. The maximum Gasteiger partial charge on any atom is 0.218 e. The molecule has 0 spiro atoms. The van der Waals surface area contributed by atoms with Crippen molar-refractivity contribution in [3.05, 3.63) is 35.6 Å². The van der Waals surface area contributed by atoms with Crippen LogP contribution in [0.15, 0.2) is 24.3 Å². The Morgan fingerprint density at radius 1 is 1.32 bits per heavy atom. The van der Waals surface area contributed by atoms with Crippen molar-refractivity contribution >= 4 is 10.0 Å². The molecular weight excluding hydrogens is 267 g/mol. The third-order valence-electron chi connectivity index (χ3n) is 3.33. The lowest BCUT2D eigenvalue weighted by Gasteiger charge is -2.36. The molecule has 1 saturated heterocycles. The van der Waals surface area contributed by atoms with Crippen LogP contribution in [0.4, 0.5) is 4.39 Å². The summed E-state index contributed by atoms with van der Waals surface area (Å²) in [6, 6.07) is 5.70. The zero-order valence-electron chi connectivity index (χ0n) is 11.1. The van der Waals surface area contributed by atoms with Gasteiger partial charge < -0.3 is 5.32 Å². The van der Waals surface area contributed by atoms with Gasteiger partial charge in [-0.3, -0.25) is 0 Å². The standard InChI is InChI=1S/C13H19FN2O2S/c1-10-8-16(11(2)7-15-10)19(17,18)9-12-3-5-13(14)6-4-12/h3-6,10-11,15H,7-9H2,1-2H3. The van der Waals surface area contributed by atoms with E-state index in [1.165, 1.54) is 28.6 Å². The number of nitrogens with zero attached hydrogens (tertiary/aromatic N) is 1. The smallest absolute Gasteiger partial charge is 0.218 e. The van der Waals surface area contributed by atoms with E-state index in [0.29, 0.717) is 18.7 Å². The summed E-state index contributed by atoms with van der Waals surface area (Å²) in [6.45, 7) is 4.99. The maximum absolute atomic E-state index is 12.8. The first kappa shape index (κ1) is 14.4. The monoisotopic (exact) mass is 286 g/mol. The highest BCUT2D eigenvalue weighted by Crippen LogP contribution is 2.17. The average Bonchev–Trinajstić information content (AvgIpc) is 2.35. The van der Waals surface area contributed by atoms with Crippen molar-refractivity contribution in [3.63, 3.8) is 0 Å². The van der Waals surface area contributed by atoms with Gasteiger partial charge in [0.2, 0.25) is 10.0 Å². The second kappa shape index (κ2) is 5.56. The van der Waals surface area contributed by atoms with Gasteiger partial charge in [0.05, 0.1) is 5.75 Å². The van der Waals surface area contributed by atoms with Gasteiger partial charge in [0, 0.05) is 25.2 Å². The van der Waals surface area contributed by atoms with Crippen molar-refractivity contribution in [3.8, 4) is 0 Å². The van der Waals surface area contributed by atoms with Crippen molar-refractivity contribution in [1.82, 2.24) is 9.62 Å². The Kier molecular flexibility index (Phi) is 4.23. The van der Waals surface area contributed by atoms with E-state index in [4.69, 9.17) is 0 Å². The third kappa shape index (κ3) is 3.52. The Bertz CT molecular complexity index is 530. The summed E-state index contributed by atoms with van der Waals surface area (Å²) < 4.78 is 39.2. The van der Waals surface area contributed by atoms with Gasteiger partial charge in [-0.1, -0.05) is 12.1 Å². The van der Waals surface area contributed by atoms with E-state index >= 15 is 0 Å². The maximum atomic E-state index is 12.8. The molecule has 0 bridgehead atoms. The summed E-state index contributed by atoms with van der Waals surface area (Å²) in [5.41, 5.74) is 0.611. The van der Waals surface area contributed by atoms with Crippen LogP contribution in [0.25, 0.3) is 0 Å². The molecule has 1 aliphatic rings. The van der Waals surface area contributed by atoms with Crippen LogP contribution in [0.3, 0.4) is 0 Å². The van der Waals surface area contributed by atoms with Crippen LogP contribution in [0, 0.1) is 5.82 Å². The highest BCUT2D eigenvalue weighted by molar-refractivity contribution is 7.88. The fourth-order valence-electron chi connectivity index (χ4n) is 2.25. The predicted molar refractivity (Wildman–Crippen MR) is 72.7 cm³/mol. The molecule has 1 fully saturated rings.